The van der Waals surface area contributed by atoms with Crippen LogP contribution < -0.4 is 4.74 Å². The number of aromatic nitrogens is 1. The summed E-state index contributed by atoms with van der Waals surface area (Å²) >= 11 is 0. The maximum Gasteiger partial charge on any atom is 0.358 e. The van der Waals surface area contributed by atoms with Crippen molar-refractivity contribution in [3.63, 3.8) is 0 Å². The minimum atomic E-state index is -1.27. The van der Waals surface area contributed by atoms with Gasteiger partial charge in [0, 0.05) is 6.07 Å². The Morgan fingerprint density at radius 3 is 2.86 bits per heavy atom. The van der Waals surface area contributed by atoms with E-state index in [4.69, 9.17) is 14.9 Å². The van der Waals surface area contributed by atoms with Crippen LogP contribution in [0.25, 0.3) is 0 Å². The number of ether oxygens (including phenoxy) is 1. The second-order valence-corrected chi connectivity index (χ2v) is 2.67. The number of carboxylic acids is 1. The van der Waals surface area contributed by atoms with Crippen molar-refractivity contribution < 1.29 is 19.7 Å². The number of hydrogen-bond donors (Lipinski definition) is 2. The van der Waals surface area contributed by atoms with Crippen molar-refractivity contribution in [1.82, 2.24) is 4.98 Å². The molecule has 0 atom stereocenters. The summed E-state index contributed by atoms with van der Waals surface area (Å²) in [7, 11) is 0. The van der Waals surface area contributed by atoms with Gasteiger partial charge in [0.05, 0.1) is 6.61 Å². The molecule has 0 unspecified atom stereocenters. The van der Waals surface area contributed by atoms with Crippen molar-refractivity contribution in [2.24, 2.45) is 0 Å². The third-order valence-corrected chi connectivity index (χ3v) is 1.51. The van der Waals surface area contributed by atoms with Gasteiger partial charge in [-0.1, -0.05) is 6.92 Å². The Morgan fingerprint density at radius 2 is 2.29 bits per heavy atom. The summed E-state index contributed by atoms with van der Waals surface area (Å²) in [6.07, 6.45) is 0.810. The van der Waals surface area contributed by atoms with Gasteiger partial charge in [-0.15, -0.1) is 0 Å². The van der Waals surface area contributed by atoms with Gasteiger partial charge >= 0.3 is 5.97 Å². The van der Waals surface area contributed by atoms with Gasteiger partial charge in [0.1, 0.15) is 5.75 Å². The van der Waals surface area contributed by atoms with Crippen LogP contribution in [0.3, 0.4) is 0 Å². The van der Waals surface area contributed by atoms with Gasteiger partial charge in [-0.2, -0.15) is 0 Å². The van der Waals surface area contributed by atoms with Crippen molar-refractivity contribution in [3.8, 4) is 11.6 Å². The molecule has 5 heteroatoms. The highest BCUT2D eigenvalue weighted by Gasteiger charge is 2.12. The second-order valence-electron chi connectivity index (χ2n) is 2.67. The molecule has 1 heterocycles. The zero-order valence-corrected chi connectivity index (χ0v) is 7.73. The van der Waals surface area contributed by atoms with Crippen LogP contribution in [-0.2, 0) is 0 Å². The molecule has 0 aromatic carbocycles. The van der Waals surface area contributed by atoms with Crippen molar-refractivity contribution in [2.75, 3.05) is 6.61 Å². The van der Waals surface area contributed by atoms with E-state index in [0.29, 0.717) is 6.61 Å². The Balaban J connectivity index is 2.89. The molecule has 0 aliphatic rings. The zero-order valence-electron chi connectivity index (χ0n) is 7.73. The number of rotatable bonds is 4. The molecule has 76 valence electrons. The Hall–Kier alpha value is -1.78. The molecule has 0 aliphatic heterocycles. The maximum atomic E-state index is 10.6. The molecule has 1 aromatic rings. The lowest BCUT2D eigenvalue weighted by Gasteiger charge is -2.04. The van der Waals surface area contributed by atoms with Gasteiger partial charge in [0.2, 0.25) is 5.88 Å². The van der Waals surface area contributed by atoms with Crippen LogP contribution in [0.5, 0.6) is 11.6 Å². The molecule has 0 spiro atoms. The van der Waals surface area contributed by atoms with E-state index < -0.39 is 11.7 Å². The normalized spacial score (nSPS) is 9.79. The van der Waals surface area contributed by atoms with E-state index in [1.54, 1.807) is 0 Å². The van der Waals surface area contributed by atoms with E-state index >= 15 is 0 Å². The highest BCUT2D eigenvalue weighted by Crippen LogP contribution is 2.18. The largest absolute Gasteiger partial charge is 0.505 e. The average molecular weight is 197 g/mol. The van der Waals surface area contributed by atoms with Crippen LogP contribution in [0.2, 0.25) is 0 Å². The molecule has 0 amide bonds. The number of aromatic carboxylic acids is 1. The van der Waals surface area contributed by atoms with Crippen LogP contribution in [-0.4, -0.2) is 27.8 Å². The molecule has 2 N–H and O–H groups in total. The molecular weight excluding hydrogens is 186 g/mol. The van der Waals surface area contributed by atoms with Gasteiger partial charge in [-0.3, -0.25) is 0 Å². The number of aromatic hydroxyl groups is 1. The molecule has 0 bridgehead atoms. The molecular formula is C9H11NO4. The molecule has 0 aliphatic carbocycles. The molecule has 1 aromatic heterocycles. The number of hydrogen-bond acceptors (Lipinski definition) is 4. The molecule has 0 fully saturated rings. The molecule has 14 heavy (non-hydrogen) atoms. The monoisotopic (exact) mass is 197 g/mol. The third kappa shape index (κ3) is 2.35. The lowest BCUT2D eigenvalue weighted by atomic mass is 10.3. The SMILES string of the molecule is CCCOc1ccc(O)c(C(=O)O)n1. The standard InChI is InChI=1S/C9H11NO4/c1-2-5-14-7-4-3-6(11)8(10-7)9(12)13/h3-4,11H,2,5H2,1H3,(H,12,13). The topological polar surface area (TPSA) is 79.7 Å². The Bertz CT molecular complexity index is 338. The van der Waals surface area contributed by atoms with Gasteiger partial charge in [-0.25, -0.2) is 9.78 Å². The van der Waals surface area contributed by atoms with Gasteiger partial charge < -0.3 is 14.9 Å². The first-order valence-electron chi connectivity index (χ1n) is 4.21. The molecule has 0 saturated carbocycles. The van der Waals surface area contributed by atoms with E-state index in [1.165, 1.54) is 12.1 Å². The maximum absolute atomic E-state index is 10.6. The van der Waals surface area contributed by atoms with Crippen LogP contribution in [0.4, 0.5) is 0 Å². The first-order valence-corrected chi connectivity index (χ1v) is 4.21. The van der Waals surface area contributed by atoms with E-state index in [9.17, 15) is 4.79 Å². The minimum absolute atomic E-state index is 0.210. The second kappa shape index (κ2) is 4.45. The van der Waals surface area contributed by atoms with Gasteiger partial charge in [0.25, 0.3) is 0 Å². The quantitative estimate of drug-likeness (QED) is 0.759. The summed E-state index contributed by atoms with van der Waals surface area (Å²) in [5.74, 6) is -1.42. The van der Waals surface area contributed by atoms with E-state index in [0.717, 1.165) is 6.42 Å². The average Bonchev–Trinajstić information content (AvgIpc) is 2.16. The third-order valence-electron chi connectivity index (χ3n) is 1.51. The smallest absolute Gasteiger partial charge is 0.358 e. The van der Waals surface area contributed by atoms with Crippen molar-refractivity contribution in [3.05, 3.63) is 17.8 Å². The van der Waals surface area contributed by atoms with Gasteiger partial charge in [-0.05, 0) is 12.5 Å². The summed E-state index contributed by atoms with van der Waals surface area (Å²) in [5, 5.41) is 17.8. The fraction of sp³-hybridized carbons (Fsp3) is 0.333. The predicted molar refractivity (Wildman–Crippen MR) is 48.6 cm³/mol. The molecule has 0 saturated heterocycles. The fourth-order valence-corrected chi connectivity index (χ4v) is 0.878. The highest BCUT2D eigenvalue weighted by molar-refractivity contribution is 5.88. The number of nitrogens with zero attached hydrogens (tertiary/aromatic N) is 1. The number of carboxylic acid groups (broad SMARTS) is 1. The van der Waals surface area contributed by atoms with Crippen LogP contribution in [0, 0.1) is 0 Å². The minimum Gasteiger partial charge on any atom is -0.505 e. The Kier molecular flexibility index (Phi) is 3.28. The Labute approximate surface area is 81.0 Å². The van der Waals surface area contributed by atoms with Crippen LogP contribution in [0.15, 0.2) is 12.1 Å². The summed E-state index contributed by atoms with van der Waals surface area (Å²) < 4.78 is 5.12. The Morgan fingerprint density at radius 1 is 1.57 bits per heavy atom. The van der Waals surface area contributed by atoms with E-state index in [2.05, 4.69) is 4.98 Å². The lowest BCUT2D eigenvalue weighted by Crippen LogP contribution is -2.04. The predicted octanol–water partition coefficient (Wildman–Crippen LogP) is 1.27. The van der Waals surface area contributed by atoms with Crippen LogP contribution in [0.1, 0.15) is 23.8 Å². The summed E-state index contributed by atoms with van der Waals surface area (Å²) in [6.45, 7) is 2.40. The van der Waals surface area contributed by atoms with E-state index in [-0.39, 0.29) is 11.6 Å². The highest BCUT2D eigenvalue weighted by atomic mass is 16.5. The molecule has 1 rings (SSSR count). The number of pyridine rings is 1. The van der Waals surface area contributed by atoms with Crippen molar-refractivity contribution >= 4 is 5.97 Å². The first kappa shape index (κ1) is 10.3. The van der Waals surface area contributed by atoms with Crippen molar-refractivity contribution in [1.29, 1.82) is 0 Å². The zero-order chi connectivity index (χ0) is 10.6. The fourth-order valence-electron chi connectivity index (χ4n) is 0.878. The summed E-state index contributed by atoms with van der Waals surface area (Å²) in [4.78, 5) is 14.2. The summed E-state index contributed by atoms with van der Waals surface area (Å²) in [6, 6.07) is 2.68. The molecule has 0 radical (unpaired) electrons. The van der Waals surface area contributed by atoms with Crippen molar-refractivity contribution in [2.45, 2.75) is 13.3 Å². The van der Waals surface area contributed by atoms with Gasteiger partial charge in [0.15, 0.2) is 5.69 Å². The number of carbonyl (C=O) groups is 1. The van der Waals surface area contributed by atoms with Crippen LogP contribution >= 0.6 is 0 Å². The molecule has 5 nitrogen and oxygen atoms in total. The first-order chi connectivity index (χ1) is 6.65. The van der Waals surface area contributed by atoms with E-state index in [1.807, 2.05) is 6.92 Å². The summed E-state index contributed by atoms with van der Waals surface area (Å²) in [5.41, 5.74) is -0.390. The lowest BCUT2D eigenvalue weighted by molar-refractivity contribution is 0.0685.